The first-order valence-electron chi connectivity index (χ1n) is 1.99. The zero-order valence-corrected chi connectivity index (χ0v) is 6.89. The van der Waals surface area contributed by atoms with Gasteiger partial charge >= 0.3 is 0 Å². The van der Waals surface area contributed by atoms with Crippen LogP contribution in [0.25, 0.3) is 0 Å². The predicted molar refractivity (Wildman–Crippen MR) is 31.4 cm³/mol. The van der Waals surface area contributed by atoms with Crippen molar-refractivity contribution in [1.82, 2.24) is 9.68 Å². The molecule has 38 valence electrons. The van der Waals surface area contributed by atoms with Crippen LogP contribution in [0.4, 0.5) is 0 Å². The molecule has 3 heteroatoms. The van der Waals surface area contributed by atoms with Gasteiger partial charge in [0.1, 0.15) is 0 Å². The third-order valence-electron chi connectivity index (χ3n) is 0.800. The van der Waals surface area contributed by atoms with Crippen molar-refractivity contribution in [2.75, 3.05) is 21.1 Å². The van der Waals surface area contributed by atoms with Crippen LogP contribution >= 0.6 is 0 Å². The summed E-state index contributed by atoms with van der Waals surface area (Å²) in [4.78, 5) is 0. The van der Waals surface area contributed by atoms with Gasteiger partial charge in [0, 0.05) is 14.1 Å². The lowest BCUT2D eigenvalue weighted by atomic mass is 11.1. The largest absolute Gasteiger partial charge is 0.278 e. The molecular formula is C3H12N2Si. The molecule has 0 heterocycles. The number of hydrazine groups is 1. The van der Waals surface area contributed by atoms with Gasteiger partial charge in [-0.2, -0.15) is 0 Å². The molecule has 0 aromatic rings. The van der Waals surface area contributed by atoms with E-state index >= 15 is 0 Å². The van der Waals surface area contributed by atoms with Gasteiger partial charge in [-0.05, 0) is 7.05 Å². The predicted octanol–water partition coefficient (Wildman–Crippen LogP) is -1.32. The Hall–Kier alpha value is 0.137. The van der Waals surface area contributed by atoms with Crippen molar-refractivity contribution >= 4 is 10.4 Å². The van der Waals surface area contributed by atoms with Crippen LogP contribution in [0, 0.1) is 0 Å². The molecule has 0 saturated carbocycles. The summed E-state index contributed by atoms with van der Waals surface area (Å²) in [7, 11) is 7.24. The van der Waals surface area contributed by atoms with Gasteiger partial charge in [0.25, 0.3) is 0 Å². The lowest BCUT2D eigenvalue weighted by molar-refractivity contribution is 0.166. The minimum atomic E-state index is 1.11. The Morgan fingerprint density at radius 2 is 1.33 bits per heavy atom. The minimum absolute atomic E-state index is 1.11. The smallest absolute Gasteiger partial charge is 0.0982 e. The van der Waals surface area contributed by atoms with Crippen molar-refractivity contribution in [3.05, 3.63) is 0 Å². The van der Waals surface area contributed by atoms with Crippen molar-refractivity contribution in [3.63, 3.8) is 0 Å². The molecule has 0 atom stereocenters. The summed E-state index contributed by atoms with van der Waals surface area (Å²) >= 11 is 0. The minimum Gasteiger partial charge on any atom is -0.278 e. The van der Waals surface area contributed by atoms with E-state index in [0.29, 0.717) is 0 Å². The first-order chi connectivity index (χ1) is 2.64. The summed E-state index contributed by atoms with van der Waals surface area (Å²) in [6.45, 7) is 0. The SMILES string of the molecule is CN(C)N(C)[SiH3]. The molecule has 0 rings (SSSR count). The molecular weight excluding hydrogens is 92.1 g/mol. The monoisotopic (exact) mass is 104 g/mol. The van der Waals surface area contributed by atoms with E-state index < -0.39 is 0 Å². The van der Waals surface area contributed by atoms with E-state index in [1.165, 1.54) is 0 Å². The standard InChI is InChI=1S/C3H12N2Si/c1-4(2)5(3)6/h1-3,6H3. The normalized spacial score (nSPS) is 11.5. The molecule has 0 radical (unpaired) electrons. The van der Waals surface area contributed by atoms with Gasteiger partial charge in [-0.25, -0.2) is 0 Å². The Labute approximate surface area is 42.2 Å². The second kappa shape index (κ2) is 2.33. The molecule has 2 nitrogen and oxygen atoms in total. The maximum atomic E-state index is 2.14. The van der Waals surface area contributed by atoms with E-state index in [9.17, 15) is 0 Å². The molecule has 0 saturated heterocycles. The lowest BCUT2D eigenvalue weighted by Gasteiger charge is -2.18. The third kappa shape index (κ3) is 2.38. The molecule has 6 heavy (non-hydrogen) atoms. The molecule has 0 spiro atoms. The quantitative estimate of drug-likeness (QED) is 0.300. The fraction of sp³-hybridized carbons (Fsp3) is 1.00. The molecule has 0 amide bonds. The van der Waals surface area contributed by atoms with E-state index in [0.717, 1.165) is 10.4 Å². The number of rotatable bonds is 1. The van der Waals surface area contributed by atoms with Crippen LogP contribution in [0.15, 0.2) is 0 Å². The van der Waals surface area contributed by atoms with Gasteiger partial charge in [0.15, 0.2) is 0 Å². The summed E-state index contributed by atoms with van der Waals surface area (Å²) in [5, 5.41) is 2.06. The molecule has 0 aliphatic carbocycles. The van der Waals surface area contributed by atoms with Crippen LogP contribution in [0.5, 0.6) is 0 Å². The molecule has 0 aromatic carbocycles. The Bertz CT molecular complexity index is 29.8. The van der Waals surface area contributed by atoms with Crippen LogP contribution in [0.2, 0.25) is 0 Å². The molecule has 0 aliphatic rings. The summed E-state index contributed by atoms with van der Waals surface area (Å²) < 4.78 is 2.14. The third-order valence-corrected chi connectivity index (χ3v) is 1.60. The molecule has 0 fully saturated rings. The molecule has 0 aliphatic heterocycles. The maximum absolute atomic E-state index is 2.14. The number of nitrogens with zero attached hydrogens (tertiary/aromatic N) is 2. The first kappa shape index (κ1) is 6.14. The van der Waals surface area contributed by atoms with E-state index in [4.69, 9.17) is 0 Å². The second-order valence-electron chi connectivity index (χ2n) is 1.69. The van der Waals surface area contributed by atoms with Gasteiger partial charge in [-0.1, -0.05) is 0 Å². The van der Waals surface area contributed by atoms with Gasteiger partial charge < -0.3 is 0 Å². The van der Waals surface area contributed by atoms with Crippen LogP contribution in [0.1, 0.15) is 0 Å². The zero-order chi connectivity index (χ0) is 5.15. The fourth-order valence-electron chi connectivity index (χ4n) is 0. The highest BCUT2D eigenvalue weighted by Crippen LogP contribution is 1.71. The van der Waals surface area contributed by atoms with E-state index in [1.54, 1.807) is 0 Å². The Kier molecular flexibility index (Phi) is 2.39. The lowest BCUT2D eigenvalue weighted by Crippen LogP contribution is -2.30. The molecule has 0 N–H and O–H groups in total. The first-order valence-corrected chi connectivity index (χ1v) is 2.88. The maximum Gasteiger partial charge on any atom is 0.0982 e. The van der Waals surface area contributed by atoms with E-state index in [-0.39, 0.29) is 0 Å². The number of hydrogen-bond donors (Lipinski definition) is 0. The molecule has 0 bridgehead atoms. The fourth-order valence-corrected chi connectivity index (χ4v) is 0. The van der Waals surface area contributed by atoms with Gasteiger partial charge in [0.05, 0.1) is 10.4 Å². The second-order valence-corrected chi connectivity index (χ2v) is 2.99. The van der Waals surface area contributed by atoms with Crippen molar-refractivity contribution in [1.29, 1.82) is 0 Å². The summed E-state index contributed by atoms with van der Waals surface area (Å²) in [6.07, 6.45) is 0. The Morgan fingerprint density at radius 3 is 1.33 bits per heavy atom. The van der Waals surface area contributed by atoms with Gasteiger partial charge in [0.2, 0.25) is 0 Å². The van der Waals surface area contributed by atoms with Crippen LogP contribution in [-0.4, -0.2) is 41.2 Å². The summed E-state index contributed by atoms with van der Waals surface area (Å²) in [6, 6.07) is 0. The summed E-state index contributed by atoms with van der Waals surface area (Å²) in [5.41, 5.74) is 0. The van der Waals surface area contributed by atoms with Crippen molar-refractivity contribution in [2.45, 2.75) is 0 Å². The Morgan fingerprint density at radius 1 is 1.17 bits per heavy atom. The Balaban J connectivity index is 2.99. The zero-order valence-electron chi connectivity index (χ0n) is 4.89. The van der Waals surface area contributed by atoms with E-state index in [1.807, 2.05) is 14.1 Å². The highest BCUT2D eigenvalue weighted by Gasteiger charge is 1.84. The molecule has 0 aromatic heterocycles. The van der Waals surface area contributed by atoms with Crippen LogP contribution in [-0.2, 0) is 0 Å². The highest BCUT2D eigenvalue weighted by molar-refractivity contribution is 6.03. The van der Waals surface area contributed by atoms with Crippen molar-refractivity contribution in [3.8, 4) is 0 Å². The van der Waals surface area contributed by atoms with Gasteiger partial charge in [-0.3, -0.25) is 9.68 Å². The molecule has 0 unspecified atom stereocenters. The summed E-state index contributed by atoms with van der Waals surface area (Å²) in [5.74, 6) is 0. The highest BCUT2D eigenvalue weighted by atomic mass is 28.2. The van der Waals surface area contributed by atoms with Crippen molar-refractivity contribution < 1.29 is 0 Å². The number of hydrogen-bond acceptors (Lipinski definition) is 2. The van der Waals surface area contributed by atoms with E-state index in [2.05, 4.69) is 16.7 Å². The van der Waals surface area contributed by atoms with Crippen LogP contribution in [0.3, 0.4) is 0 Å². The topological polar surface area (TPSA) is 6.48 Å². The average molecular weight is 104 g/mol. The van der Waals surface area contributed by atoms with Crippen LogP contribution < -0.4 is 0 Å². The average Bonchev–Trinajstić information content (AvgIpc) is 1.36. The van der Waals surface area contributed by atoms with Gasteiger partial charge in [-0.15, -0.1) is 0 Å². The van der Waals surface area contributed by atoms with Crippen molar-refractivity contribution in [2.24, 2.45) is 0 Å².